The third-order valence-electron chi connectivity index (χ3n) is 3.40. The van der Waals surface area contributed by atoms with E-state index in [1.807, 2.05) is 0 Å². The van der Waals surface area contributed by atoms with Crippen molar-refractivity contribution in [2.45, 2.75) is 44.8 Å². The second kappa shape index (κ2) is 7.49. The molecule has 1 unspecified atom stereocenters. The lowest BCUT2D eigenvalue weighted by Crippen LogP contribution is -2.29. The predicted octanol–water partition coefficient (Wildman–Crippen LogP) is 3.42. The number of nitrogens with two attached hydrogens (primary N) is 1. The molecular weight excluding hydrogens is 349 g/mol. The van der Waals surface area contributed by atoms with Gasteiger partial charge in [-0.25, -0.2) is 0 Å². The van der Waals surface area contributed by atoms with Crippen molar-refractivity contribution in [2.75, 3.05) is 5.73 Å². The third-order valence-corrected chi connectivity index (χ3v) is 3.40. The molecule has 140 valence electrons. The van der Waals surface area contributed by atoms with E-state index in [0.717, 1.165) is 13.0 Å². The Morgan fingerprint density at radius 1 is 1.32 bits per heavy atom. The number of hydrogen-bond acceptors (Lipinski definition) is 4. The molecule has 1 aromatic carbocycles. The van der Waals surface area contributed by atoms with E-state index in [1.54, 1.807) is 0 Å². The van der Waals surface area contributed by atoms with Crippen molar-refractivity contribution in [1.29, 1.82) is 0 Å². The number of aliphatic hydroxyl groups is 1. The number of benzene rings is 1. The number of nitrogen functional groups attached to an aromatic ring is 1. The van der Waals surface area contributed by atoms with Gasteiger partial charge in [0.15, 0.2) is 12.1 Å². The zero-order valence-electron chi connectivity index (χ0n) is 13.5. The minimum Gasteiger partial charge on any atom is -0.398 e. The second-order valence-corrected chi connectivity index (χ2v) is 5.47. The van der Waals surface area contributed by atoms with Gasteiger partial charge < -0.3 is 15.6 Å². The lowest BCUT2D eigenvalue weighted by molar-refractivity contribution is -0.152. The molecule has 2 atom stereocenters. The minimum absolute atomic E-state index is 0.178. The number of ketones is 1. The molecule has 0 aliphatic carbocycles. The van der Waals surface area contributed by atoms with Gasteiger partial charge in [-0.3, -0.25) is 4.79 Å². The number of alkyl halides is 5. The average molecular weight is 367 g/mol. The maximum atomic E-state index is 13.9. The lowest BCUT2D eigenvalue weighted by Gasteiger charge is -2.22. The average Bonchev–Trinajstić information content (AvgIpc) is 2.46. The summed E-state index contributed by atoms with van der Waals surface area (Å²) in [7, 11) is 0. The van der Waals surface area contributed by atoms with Crippen LogP contribution >= 0.6 is 0 Å². The maximum absolute atomic E-state index is 13.9. The van der Waals surface area contributed by atoms with Crippen LogP contribution in [-0.4, -0.2) is 23.3 Å². The van der Waals surface area contributed by atoms with Crippen LogP contribution in [0.5, 0.6) is 0 Å². The molecule has 4 nitrogen and oxygen atoms in total. The molecular formula is C16H18F5NO3. The molecule has 0 aliphatic heterocycles. The van der Waals surface area contributed by atoms with E-state index < -0.39 is 53.5 Å². The Hall–Kier alpha value is -2.00. The minimum atomic E-state index is -4.97. The van der Waals surface area contributed by atoms with Crippen molar-refractivity contribution in [3.8, 4) is 0 Å². The fourth-order valence-electron chi connectivity index (χ4n) is 2.19. The van der Waals surface area contributed by atoms with Crippen molar-refractivity contribution in [1.82, 2.24) is 0 Å². The number of rotatable bonds is 7. The van der Waals surface area contributed by atoms with Crippen LogP contribution in [0.2, 0.25) is 0 Å². The molecule has 0 spiro atoms. The number of anilines is 1. The Kier molecular flexibility index (Phi) is 6.30. The molecule has 0 fully saturated rings. The van der Waals surface area contributed by atoms with Crippen LogP contribution < -0.4 is 5.73 Å². The highest BCUT2D eigenvalue weighted by atomic mass is 19.4. The van der Waals surface area contributed by atoms with Crippen molar-refractivity contribution < 1.29 is 36.6 Å². The van der Waals surface area contributed by atoms with E-state index in [0.29, 0.717) is 6.07 Å². The summed E-state index contributed by atoms with van der Waals surface area (Å²) in [5.74, 6) is -4.37. The van der Waals surface area contributed by atoms with Crippen LogP contribution in [0, 0.1) is 0 Å². The third kappa shape index (κ3) is 5.23. The lowest BCUT2D eigenvalue weighted by atomic mass is 9.94. The number of carbonyl (C=O) groups is 1. The van der Waals surface area contributed by atoms with E-state index in [9.17, 15) is 31.9 Å². The van der Waals surface area contributed by atoms with Gasteiger partial charge in [-0.1, -0.05) is 6.58 Å². The fourth-order valence-corrected chi connectivity index (χ4v) is 2.19. The summed E-state index contributed by atoms with van der Waals surface area (Å²) >= 11 is 0. The highest BCUT2D eigenvalue weighted by molar-refractivity contribution is 5.80. The molecule has 3 N–H and O–H groups in total. The highest BCUT2D eigenvalue weighted by Crippen LogP contribution is 2.42. The van der Waals surface area contributed by atoms with Crippen LogP contribution in [-0.2, 0) is 28.1 Å². The van der Waals surface area contributed by atoms with Crippen LogP contribution in [0.25, 0.3) is 0 Å². The SMILES string of the molecule is C=CC(F)(F)c1cc(C[C@@H](OC(C)O)C(C)=O)cc(C(F)(F)F)c1N. The summed E-state index contributed by atoms with van der Waals surface area (Å²) in [4.78, 5) is 11.5. The monoisotopic (exact) mass is 367 g/mol. The van der Waals surface area contributed by atoms with Crippen molar-refractivity contribution in [3.63, 3.8) is 0 Å². The largest absolute Gasteiger partial charge is 0.418 e. The Balaban J connectivity index is 3.48. The normalized spacial score (nSPS) is 14.9. The van der Waals surface area contributed by atoms with E-state index in [4.69, 9.17) is 10.5 Å². The smallest absolute Gasteiger partial charge is 0.398 e. The molecule has 0 aromatic heterocycles. The Labute approximate surface area is 141 Å². The summed E-state index contributed by atoms with van der Waals surface area (Å²) in [6, 6.07) is 1.35. The summed E-state index contributed by atoms with van der Waals surface area (Å²) in [5.41, 5.74) is 1.43. The molecule has 25 heavy (non-hydrogen) atoms. The van der Waals surface area contributed by atoms with Gasteiger partial charge in [0.1, 0.15) is 6.10 Å². The van der Waals surface area contributed by atoms with Crippen molar-refractivity contribution in [3.05, 3.63) is 41.5 Å². The van der Waals surface area contributed by atoms with E-state index in [1.165, 1.54) is 6.92 Å². The zero-order chi connectivity index (χ0) is 19.6. The molecule has 0 saturated carbocycles. The van der Waals surface area contributed by atoms with Gasteiger partial charge in [0.05, 0.1) is 11.3 Å². The van der Waals surface area contributed by atoms with Crippen LogP contribution in [0.3, 0.4) is 0 Å². The predicted molar refractivity (Wildman–Crippen MR) is 80.9 cm³/mol. The van der Waals surface area contributed by atoms with E-state index >= 15 is 0 Å². The molecule has 0 saturated heterocycles. The molecule has 9 heteroatoms. The first-order valence-corrected chi connectivity index (χ1v) is 7.15. The number of Topliss-reactive ketones (excluding diaryl/α,β-unsaturated/α-hetero) is 1. The van der Waals surface area contributed by atoms with Gasteiger partial charge in [-0.15, -0.1) is 0 Å². The summed E-state index contributed by atoms with van der Waals surface area (Å²) in [5, 5.41) is 9.19. The standard InChI is InChI=1S/C16H18F5NO3/c1-4-15(17,18)11-5-10(6-12(14(11)22)16(19,20)21)7-13(8(2)23)25-9(3)24/h4-6,9,13,24H,1,7,22H2,2-3H3/t9?,13-/m1/s1. The van der Waals surface area contributed by atoms with Gasteiger partial charge >= 0.3 is 6.18 Å². The van der Waals surface area contributed by atoms with Gasteiger partial charge in [-0.2, -0.15) is 22.0 Å². The first-order valence-electron chi connectivity index (χ1n) is 7.15. The first-order chi connectivity index (χ1) is 11.3. The number of aliphatic hydroxyl groups excluding tert-OH is 1. The van der Waals surface area contributed by atoms with Gasteiger partial charge in [-0.05, 0) is 37.6 Å². The number of allylic oxidation sites excluding steroid dienone is 1. The fraction of sp³-hybridized carbons (Fsp3) is 0.438. The number of hydrogen-bond donors (Lipinski definition) is 2. The maximum Gasteiger partial charge on any atom is 0.418 e. The summed E-state index contributed by atoms with van der Waals surface area (Å²) < 4.78 is 72.1. The molecule has 0 heterocycles. The van der Waals surface area contributed by atoms with E-state index in [2.05, 4.69) is 6.58 Å². The number of carbonyl (C=O) groups excluding carboxylic acids is 1. The molecule has 1 aromatic rings. The van der Waals surface area contributed by atoms with Gasteiger partial charge in [0.25, 0.3) is 5.92 Å². The first kappa shape index (κ1) is 21.0. The Bertz CT molecular complexity index is 656. The Morgan fingerprint density at radius 2 is 1.84 bits per heavy atom. The highest BCUT2D eigenvalue weighted by Gasteiger charge is 2.39. The Morgan fingerprint density at radius 3 is 2.24 bits per heavy atom. The molecule has 0 radical (unpaired) electrons. The molecule has 1 rings (SSSR count). The summed E-state index contributed by atoms with van der Waals surface area (Å²) in [6.07, 6.45) is -7.89. The number of halogens is 5. The zero-order valence-corrected chi connectivity index (χ0v) is 13.5. The topological polar surface area (TPSA) is 72.5 Å². The molecule has 0 bridgehead atoms. The second-order valence-electron chi connectivity index (χ2n) is 5.47. The summed E-state index contributed by atoms with van der Waals surface area (Å²) in [6.45, 7) is 5.21. The molecule has 0 amide bonds. The van der Waals surface area contributed by atoms with Crippen LogP contribution in [0.1, 0.15) is 30.5 Å². The van der Waals surface area contributed by atoms with E-state index in [-0.39, 0.29) is 11.6 Å². The van der Waals surface area contributed by atoms with Crippen molar-refractivity contribution in [2.24, 2.45) is 0 Å². The van der Waals surface area contributed by atoms with Crippen LogP contribution in [0.4, 0.5) is 27.6 Å². The number of ether oxygens (including phenoxy) is 1. The van der Waals surface area contributed by atoms with Crippen molar-refractivity contribution >= 4 is 11.5 Å². The van der Waals surface area contributed by atoms with Crippen LogP contribution in [0.15, 0.2) is 24.8 Å². The molecule has 0 aliphatic rings. The van der Waals surface area contributed by atoms with Gasteiger partial charge in [0.2, 0.25) is 0 Å². The van der Waals surface area contributed by atoms with Gasteiger partial charge in [0, 0.05) is 12.0 Å². The quantitative estimate of drug-likeness (QED) is 0.335.